The van der Waals surface area contributed by atoms with Crippen LogP contribution >= 0.6 is 23.2 Å². The molecular formula is C19H17Cl2N9. The van der Waals surface area contributed by atoms with E-state index in [0.717, 1.165) is 48.3 Å². The van der Waals surface area contributed by atoms with Crippen LogP contribution in [0.1, 0.15) is 24.7 Å². The van der Waals surface area contributed by atoms with E-state index >= 15 is 0 Å². The van der Waals surface area contributed by atoms with Crippen molar-refractivity contribution < 1.29 is 0 Å². The van der Waals surface area contributed by atoms with Gasteiger partial charge in [-0.2, -0.15) is 5.10 Å². The minimum atomic E-state index is 0.408. The maximum Gasteiger partial charge on any atom is 0.227 e. The molecule has 1 aromatic carbocycles. The molecular weight excluding hydrogens is 425 g/mol. The van der Waals surface area contributed by atoms with Crippen LogP contribution in [0.15, 0.2) is 30.9 Å². The van der Waals surface area contributed by atoms with Crippen LogP contribution < -0.4 is 10.2 Å². The summed E-state index contributed by atoms with van der Waals surface area (Å²) in [5.74, 6) is 1.39. The number of anilines is 3. The van der Waals surface area contributed by atoms with E-state index in [1.807, 2.05) is 16.8 Å². The molecule has 30 heavy (non-hydrogen) atoms. The molecule has 3 aromatic heterocycles. The van der Waals surface area contributed by atoms with E-state index < -0.39 is 0 Å². The Morgan fingerprint density at radius 1 is 1.10 bits per heavy atom. The molecule has 4 heterocycles. The Hall–Kier alpha value is -2.91. The monoisotopic (exact) mass is 441 g/mol. The van der Waals surface area contributed by atoms with Gasteiger partial charge in [-0.1, -0.05) is 23.2 Å². The van der Waals surface area contributed by atoms with Crippen molar-refractivity contribution in [3.63, 3.8) is 0 Å². The summed E-state index contributed by atoms with van der Waals surface area (Å²) in [5.41, 5.74) is 2.42. The minimum Gasteiger partial charge on any atom is -0.361 e. The molecule has 0 saturated heterocycles. The molecule has 0 spiro atoms. The lowest BCUT2D eigenvalue weighted by atomic mass is 10.2. The fourth-order valence-electron chi connectivity index (χ4n) is 3.74. The van der Waals surface area contributed by atoms with Crippen LogP contribution in [0.3, 0.4) is 0 Å². The molecule has 11 heteroatoms. The molecule has 9 nitrogen and oxygen atoms in total. The highest BCUT2D eigenvalue weighted by Gasteiger charge is 2.27. The van der Waals surface area contributed by atoms with Crippen LogP contribution in [0, 0.1) is 0 Å². The van der Waals surface area contributed by atoms with Crippen molar-refractivity contribution in [3.05, 3.63) is 46.9 Å². The van der Waals surface area contributed by atoms with Crippen LogP contribution in [-0.4, -0.2) is 41.1 Å². The molecule has 1 saturated carbocycles. The zero-order chi connectivity index (χ0) is 20.2. The van der Waals surface area contributed by atoms with Crippen molar-refractivity contribution in [2.75, 3.05) is 16.8 Å². The number of aromatic nitrogens is 7. The highest BCUT2D eigenvalue weighted by molar-refractivity contribution is 6.34. The fraction of sp³-hybridized carbons (Fsp3) is 0.316. The van der Waals surface area contributed by atoms with E-state index in [2.05, 4.69) is 40.0 Å². The molecule has 4 aromatic rings. The fourth-order valence-corrected chi connectivity index (χ4v) is 4.31. The van der Waals surface area contributed by atoms with Gasteiger partial charge < -0.3 is 14.8 Å². The maximum absolute atomic E-state index is 6.58. The third-order valence-corrected chi connectivity index (χ3v) is 6.18. The second kappa shape index (κ2) is 6.82. The first-order valence-corrected chi connectivity index (χ1v) is 10.5. The van der Waals surface area contributed by atoms with Crippen molar-refractivity contribution in [2.45, 2.75) is 32.0 Å². The summed E-state index contributed by atoms with van der Waals surface area (Å²) in [6.07, 6.45) is 7.46. The summed E-state index contributed by atoms with van der Waals surface area (Å²) in [5, 5.41) is 17.8. The van der Waals surface area contributed by atoms with Gasteiger partial charge in [-0.25, -0.2) is 14.6 Å². The van der Waals surface area contributed by atoms with Gasteiger partial charge in [-0.05, 0) is 25.0 Å². The summed E-state index contributed by atoms with van der Waals surface area (Å²) in [6.45, 7) is 2.29. The average molecular weight is 442 g/mol. The molecule has 1 aliphatic heterocycles. The lowest BCUT2D eigenvalue weighted by Crippen LogP contribution is -2.33. The number of hydrogen-bond acceptors (Lipinski definition) is 7. The molecule has 0 radical (unpaired) electrons. The zero-order valence-electron chi connectivity index (χ0n) is 15.8. The van der Waals surface area contributed by atoms with E-state index in [1.54, 1.807) is 18.7 Å². The third kappa shape index (κ3) is 3.05. The Kier molecular flexibility index (Phi) is 4.07. The highest BCUT2D eigenvalue weighted by atomic mass is 35.5. The zero-order valence-corrected chi connectivity index (χ0v) is 17.3. The number of halogens is 2. The van der Waals surface area contributed by atoms with E-state index in [0.29, 0.717) is 34.4 Å². The molecule has 0 unspecified atom stereocenters. The lowest BCUT2D eigenvalue weighted by Gasteiger charge is -2.29. The van der Waals surface area contributed by atoms with Gasteiger partial charge in [0.1, 0.15) is 6.33 Å². The Morgan fingerprint density at radius 2 is 2.00 bits per heavy atom. The Bertz CT molecular complexity index is 1260. The Morgan fingerprint density at radius 3 is 2.87 bits per heavy atom. The van der Waals surface area contributed by atoms with Crippen LogP contribution in [0.4, 0.5) is 17.3 Å². The van der Waals surface area contributed by atoms with Crippen LogP contribution in [0.25, 0.3) is 10.9 Å². The molecule has 0 bridgehead atoms. The number of fused-ring (bicyclic) bond motifs is 2. The lowest BCUT2D eigenvalue weighted by molar-refractivity contribution is 0.560. The van der Waals surface area contributed by atoms with Gasteiger partial charge in [0.25, 0.3) is 0 Å². The van der Waals surface area contributed by atoms with Crippen molar-refractivity contribution in [1.29, 1.82) is 0 Å². The molecule has 1 aliphatic carbocycles. The second-order valence-corrected chi connectivity index (χ2v) is 8.33. The maximum atomic E-state index is 6.58. The number of benzene rings is 1. The first-order valence-electron chi connectivity index (χ1n) is 9.73. The van der Waals surface area contributed by atoms with Crippen molar-refractivity contribution >= 4 is 51.4 Å². The largest absolute Gasteiger partial charge is 0.361 e. The summed E-state index contributed by atoms with van der Waals surface area (Å²) in [4.78, 5) is 11.3. The molecule has 2 aliphatic rings. The van der Waals surface area contributed by atoms with Gasteiger partial charge in [0.05, 0.1) is 40.7 Å². The van der Waals surface area contributed by atoms with E-state index in [-0.39, 0.29) is 0 Å². The minimum absolute atomic E-state index is 0.408. The number of nitrogens with one attached hydrogen (secondary N) is 1. The standard InChI is InChI=1S/C19H17Cl2N9/c20-13-5-11-7-22-19(26-15-8-24-30(18(15)21)12-1-2-12)25-14(11)6-16(13)28-3-4-29-10-23-27-17(29)9-28/h5-8,10,12H,1-4,9H2,(H,22,25,26). The van der Waals surface area contributed by atoms with E-state index in [9.17, 15) is 0 Å². The molecule has 0 atom stereocenters. The first-order chi connectivity index (χ1) is 14.7. The van der Waals surface area contributed by atoms with Gasteiger partial charge in [0.2, 0.25) is 5.95 Å². The summed E-state index contributed by atoms with van der Waals surface area (Å²) < 4.78 is 3.90. The van der Waals surface area contributed by atoms with Crippen molar-refractivity contribution in [1.82, 2.24) is 34.5 Å². The van der Waals surface area contributed by atoms with Gasteiger partial charge in [-0.3, -0.25) is 0 Å². The van der Waals surface area contributed by atoms with E-state index in [4.69, 9.17) is 23.2 Å². The van der Waals surface area contributed by atoms with E-state index in [1.165, 1.54) is 0 Å². The van der Waals surface area contributed by atoms with Gasteiger partial charge in [0.15, 0.2) is 11.0 Å². The summed E-state index contributed by atoms with van der Waals surface area (Å²) in [7, 11) is 0. The van der Waals surface area contributed by atoms with Crippen LogP contribution in [-0.2, 0) is 13.1 Å². The normalized spacial score (nSPS) is 16.1. The number of hydrogen-bond donors (Lipinski definition) is 1. The molecule has 1 fully saturated rings. The molecule has 1 N–H and O–H groups in total. The van der Waals surface area contributed by atoms with Crippen LogP contribution in [0.2, 0.25) is 10.2 Å². The van der Waals surface area contributed by atoms with Gasteiger partial charge >= 0.3 is 0 Å². The van der Waals surface area contributed by atoms with Crippen LogP contribution in [0.5, 0.6) is 0 Å². The number of nitrogens with zero attached hydrogens (tertiary/aromatic N) is 8. The van der Waals surface area contributed by atoms with Crippen molar-refractivity contribution in [2.24, 2.45) is 0 Å². The Labute approximate surface area is 181 Å². The van der Waals surface area contributed by atoms with Gasteiger partial charge in [0, 0.05) is 24.7 Å². The molecule has 152 valence electrons. The second-order valence-electron chi connectivity index (χ2n) is 7.57. The summed E-state index contributed by atoms with van der Waals surface area (Å²) in [6, 6.07) is 4.30. The predicted molar refractivity (Wildman–Crippen MR) is 114 cm³/mol. The Balaban J connectivity index is 1.32. The first kappa shape index (κ1) is 17.9. The molecule has 0 amide bonds. The average Bonchev–Trinajstić information content (AvgIpc) is 3.37. The molecule has 6 rings (SSSR count). The predicted octanol–water partition coefficient (Wildman–Crippen LogP) is 3.82. The summed E-state index contributed by atoms with van der Waals surface area (Å²) >= 11 is 13.0. The number of rotatable bonds is 4. The SMILES string of the molecule is Clc1cc2cnc(Nc3cnn(C4CC4)c3Cl)nc2cc1N1CCn2cnnc2C1. The van der Waals surface area contributed by atoms with Crippen molar-refractivity contribution in [3.8, 4) is 0 Å². The topological polar surface area (TPSA) is 89.6 Å². The smallest absolute Gasteiger partial charge is 0.227 e. The highest BCUT2D eigenvalue weighted by Crippen LogP contribution is 2.39. The quantitative estimate of drug-likeness (QED) is 0.514. The third-order valence-electron chi connectivity index (χ3n) is 5.50. The van der Waals surface area contributed by atoms with Gasteiger partial charge in [-0.15, -0.1) is 10.2 Å².